The van der Waals surface area contributed by atoms with E-state index in [1.54, 1.807) is 6.07 Å². The van der Waals surface area contributed by atoms with Crippen LogP contribution in [-0.2, 0) is 0 Å². The molecule has 1 aliphatic rings. The summed E-state index contributed by atoms with van der Waals surface area (Å²) in [7, 11) is 2.00. The average molecular weight is 263 g/mol. The highest BCUT2D eigenvalue weighted by Gasteiger charge is 2.31. The normalized spacial score (nSPS) is 25.3. The lowest BCUT2D eigenvalue weighted by Crippen LogP contribution is -2.32. The number of halogens is 1. The van der Waals surface area contributed by atoms with Gasteiger partial charge in [-0.05, 0) is 49.4 Å². The zero-order valence-corrected chi connectivity index (χ0v) is 12.4. The van der Waals surface area contributed by atoms with E-state index in [1.165, 1.54) is 32.1 Å². The van der Waals surface area contributed by atoms with Crippen LogP contribution in [0.1, 0.15) is 56.2 Å². The Morgan fingerprint density at radius 1 is 1.32 bits per heavy atom. The van der Waals surface area contributed by atoms with Gasteiger partial charge in [0.2, 0.25) is 0 Å². The number of hydrogen-bond acceptors (Lipinski definition) is 1. The largest absolute Gasteiger partial charge is 0.313 e. The van der Waals surface area contributed by atoms with Gasteiger partial charge in [-0.25, -0.2) is 4.39 Å². The molecule has 106 valence electrons. The van der Waals surface area contributed by atoms with Gasteiger partial charge in [-0.2, -0.15) is 0 Å². The minimum absolute atomic E-state index is 0.0818. The van der Waals surface area contributed by atoms with E-state index in [-0.39, 0.29) is 5.82 Å². The van der Waals surface area contributed by atoms with Gasteiger partial charge in [0.15, 0.2) is 0 Å². The van der Waals surface area contributed by atoms with Crippen LogP contribution in [0.5, 0.6) is 0 Å². The molecule has 1 saturated carbocycles. The molecule has 1 fully saturated rings. The fourth-order valence-electron chi connectivity index (χ4n) is 3.61. The second kappa shape index (κ2) is 6.51. The number of hydrogen-bond donors (Lipinski definition) is 1. The monoisotopic (exact) mass is 263 g/mol. The van der Waals surface area contributed by atoms with Crippen molar-refractivity contribution < 1.29 is 4.39 Å². The highest BCUT2D eigenvalue weighted by molar-refractivity contribution is 5.26. The summed E-state index contributed by atoms with van der Waals surface area (Å²) in [6.07, 6.45) is 6.49. The number of nitrogens with one attached hydrogen (secondary N) is 1. The van der Waals surface area contributed by atoms with Gasteiger partial charge in [-0.15, -0.1) is 0 Å². The van der Waals surface area contributed by atoms with Gasteiger partial charge in [0.1, 0.15) is 5.82 Å². The lowest BCUT2D eigenvalue weighted by Gasteiger charge is -2.37. The average Bonchev–Trinajstić information content (AvgIpc) is 2.44. The molecule has 2 heteroatoms. The Bertz CT molecular complexity index is 416. The summed E-state index contributed by atoms with van der Waals surface area (Å²) in [6, 6.07) is 6.00. The Balaban J connectivity index is 2.24. The lowest BCUT2D eigenvalue weighted by atomic mass is 9.72. The van der Waals surface area contributed by atoms with Crippen LogP contribution in [0.4, 0.5) is 4.39 Å². The summed E-state index contributed by atoms with van der Waals surface area (Å²) in [5.41, 5.74) is 1.84. The minimum Gasteiger partial charge on any atom is -0.313 e. The van der Waals surface area contributed by atoms with Crippen molar-refractivity contribution in [2.24, 2.45) is 11.8 Å². The highest BCUT2D eigenvalue weighted by Crippen LogP contribution is 2.40. The number of rotatable bonds is 4. The molecule has 0 spiro atoms. The Kier molecular flexibility index (Phi) is 4.98. The van der Waals surface area contributed by atoms with E-state index < -0.39 is 0 Å². The fourth-order valence-corrected chi connectivity index (χ4v) is 3.61. The van der Waals surface area contributed by atoms with E-state index in [0.717, 1.165) is 17.0 Å². The molecule has 1 aliphatic carbocycles. The van der Waals surface area contributed by atoms with Crippen LogP contribution in [0.3, 0.4) is 0 Å². The number of aryl methyl sites for hydroxylation is 1. The third-order valence-corrected chi connectivity index (χ3v) is 4.79. The summed E-state index contributed by atoms with van der Waals surface area (Å²) < 4.78 is 13.8. The van der Waals surface area contributed by atoms with Gasteiger partial charge in [0.25, 0.3) is 0 Å². The van der Waals surface area contributed by atoms with Crippen molar-refractivity contribution >= 4 is 0 Å². The maximum atomic E-state index is 13.8. The first-order chi connectivity index (χ1) is 9.17. The van der Waals surface area contributed by atoms with E-state index in [4.69, 9.17) is 0 Å². The van der Waals surface area contributed by atoms with Gasteiger partial charge in [0.05, 0.1) is 0 Å². The van der Waals surface area contributed by atoms with Crippen LogP contribution in [0, 0.1) is 24.6 Å². The van der Waals surface area contributed by atoms with Crippen LogP contribution in [0.2, 0.25) is 0 Å². The predicted octanol–water partition coefficient (Wildman–Crippen LogP) is 4.61. The molecule has 1 nitrogen and oxygen atoms in total. The van der Waals surface area contributed by atoms with Crippen molar-refractivity contribution in [2.45, 2.75) is 52.0 Å². The third-order valence-electron chi connectivity index (χ3n) is 4.79. The molecule has 2 rings (SSSR count). The number of benzene rings is 1. The lowest BCUT2D eigenvalue weighted by molar-refractivity contribution is 0.180. The van der Waals surface area contributed by atoms with E-state index in [0.29, 0.717) is 12.0 Å². The summed E-state index contributed by atoms with van der Waals surface area (Å²) in [5, 5.41) is 3.43. The first-order valence-electron chi connectivity index (χ1n) is 7.60. The zero-order chi connectivity index (χ0) is 13.8. The molecule has 0 aliphatic heterocycles. The van der Waals surface area contributed by atoms with Crippen molar-refractivity contribution in [2.75, 3.05) is 7.05 Å². The molecule has 0 radical (unpaired) electrons. The Hall–Kier alpha value is -0.890. The summed E-state index contributed by atoms with van der Waals surface area (Å²) in [4.78, 5) is 0. The topological polar surface area (TPSA) is 12.0 Å². The molecule has 3 atom stereocenters. The first-order valence-corrected chi connectivity index (χ1v) is 7.60. The Morgan fingerprint density at radius 3 is 2.68 bits per heavy atom. The molecule has 0 saturated heterocycles. The molecule has 1 aromatic carbocycles. The van der Waals surface area contributed by atoms with E-state index in [1.807, 2.05) is 20.0 Å². The van der Waals surface area contributed by atoms with Gasteiger partial charge in [-0.3, -0.25) is 0 Å². The molecule has 0 heterocycles. The smallest absolute Gasteiger partial charge is 0.126 e. The van der Waals surface area contributed by atoms with E-state index >= 15 is 0 Å². The Labute approximate surface area is 116 Å². The third kappa shape index (κ3) is 3.17. The fraction of sp³-hybridized carbons (Fsp3) is 0.647. The van der Waals surface area contributed by atoms with Gasteiger partial charge < -0.3 is 5.32 Å². The molecule has 0 amide bonds. The van der Waals surface area contributed by atoms with Crippen molar-refractivity contribution in [1.29, 1.82) is 0 Å². The second-order valence-electron chi connectivity index (χ2n) is 5.89. The van der Waals surface area contributed by atoms with Crippen LogP contribution < -0.4 is 5.32 Å². The molecular formula is C17H26FN. The molecule has 3 unspecified atom stereocenters. The molecule has 19 heavy (non-hydrogen) atoms. The van der Waals surface area contributed by atoms with Gasteiger partial charge in [-0.1, -0.05) is 44.7 Å². The zero-order valence-electron chi connectivity index (χ0n) is 12.4. The quantitative estimate of drug-likeness (QED) is 0.836. The second-order valence-corrected chi connectivity index (χ2v) is 5.89. The molecular weight excluding hydrogens is 237 g/mol. The van der Waals surface area contributed by atoms with Gasteiger partial charge in [0, 0.05) is 6.04 Å². The molecule has 0 aromatic heterocycles. The van der Waals surface area contributed by atoms with Crippen LogP contribution in [-0.4, -0.2) is 7.05 Å². The van der Waals surface area contributed by atoms with Crippen molar-refractivity contribution in [3.63, 3.8) is 0 Å². The minimum atomic E-state index is -0.0818. The summed E-state index contributed by atoms with van der Waals surface area (Å²) >= 11 is 0. The first kappa shape index (κ1) is 14.5. The highest BCUT2D eigenvalue weighted by atomic mass is 19.1. The van der Waals surface area contributed by atoms with E-state index in [2.05, 4.69) is 18.3 Å². The summed E-state index contributed by atoms with van der Waals surface area (Å²) in [5.74, 6) is 1.34. The van der Waals surface area contributed by atoms with Crippen molar-refractivity contribution in [3.05, 3.63) is 35.1 Å². The SMILES string of the molecule is CCC1CCCCC1C(NC)c1ccc(C)c(F)c1. The molecule has 0 bridgehead atoms. The van der Waals surface area contributed by atoms with Crippen LogP contribution >= 0.6 is 0 Å². The Morgan fingerprint density at radius 2 is 2.05 bits per heavy atom. The van der Waals surface area contributed by atoms with E-state index in [9.17, 15) is 4.39 Å². The van der Waals surface area contributed by atoms with Crippen LogP contribution in [0.25, 0.3) is 0 Å². The predicted molar refractivity (Wildman–Crippen MR) is 78.7 cm³/mol. The maximum absolute atomic E-state index is 13.8. The molecule has 1 N–H and O–H groups in total. The standard InChI is InChI=1S/C17H26FN/c1-4-13-7-5-6-8-15(13)17(19-3)14-10-9-12(2)16(18)11-14/h9-11,13,15,17,19H,4-8H2,1-3H3. The summed E-state index contributed by atoms with van der Waals surface area (Å²) in [6.45, 7) is 4.11. The molecule has 1 aromatic rings. The van der Waals surface area contributed by atoms with Crippen molar-refractivity contribution in [1.82, 2.24) is 5.32 Å². The van der Waals surface area contributed by atoms with Crippen molar-refractivity contribution in [3.8, 4) is 0 Å². The maximum Gasteiger partial charge on any atom is 0.126 e. The van der Waals surface area contributed by atoms with Gasteiger partial charge >= 0.3 is 0 Å². The van der Waals surface area contributed by atoms with Crippen LogP contribution in [0.15, 0.2) is 18.2 Å².